The van der Waals surface area contributed by atoms with Crippen molar-refractivity contribution >= 4 is 0 Å². The number of aliphatic hydroxyl groups excluding tert-OH is 1. The third kappa shape index (κ3) is 10.1. The van der Waals surface area contributed by atoms with Gasteiger partial charge in [0, 0.05) is 20.2 Å². The fraction of sp³-hybridized carbons (Fsp3) is 1.00. The van der Waals surface area contributed by atoms with Crippen LogP contribution in [0.4, 0.5) is 0 Å². The highest BCUT2D eigenvalue weighted by Crippen LogP contribution is 2.01. The lowest BCUT2D eigenvalue weighted by atomic mass is 10.2. The molecule has 0 aliphatic rings. The van der Waals surface area contributed by atoms with Crippen molar-refractivity contribution in [3.05, 3.63) is 0 Å². The molecule has 0 aromatic carbocycles. The number of hydrogen-bond acceptors (Lipinski definition) is 4. The molecule has 0 saturated carbocycles. The van der Waals surface area contributed by atoms with E-state index < -0.39 is 6.10 Å². The summed E-state index contributed by atoms with van der Waals surface area (Å²) in [6, 6.07) is 0. The molecular weight excluding hydrogens is 194 g/mol. The van der Waals surface area contributed by atoms with Crippen molar-refractivity contribution in [2.24, 2.45) is 0 Å². The van der Waals surface area contributed by atoms with E-state index in [1.54, 1.807) is 7.11 Å². The number of hydrogen-bond donors (Lipinski definition) is 2. The first-order valence-corrected chi connectivity index (χ1v) is 5.70. The van der Waals surface area contributed by atoms with E-state index in [1.807, 2.05) is 6.92 Å². The third-order valence-electron chi connectivity index (χ3n) is 2.13. The molecule has 92 valence electrons. The zero-order valence-electron chi connectivity index (χ0n) is 10.2. The summed E-state index contributed by atoms with van der Waals surface area (Å²) in [4.78, 5) is 0. The van der Waals surface area contributed by atoms with Crippen molar-refractivity contribution in [1.29, 1.82) is 0 Å². The van der Waals surface area contributed by atoms with Gasteiger partial charge < -0.3 is 19.9 Å². The largest absolute Gasteiger partial charge is 0.389 e. The van der Waals surface area contributed by atoms with Crippen LogP contribution in [0.5, 0.6) is 0 Å². The highest BCUT2D eigenvalue weighted by molar-refractivity contribution is 4.59. The van der Waals surface area contributed by atoms with E-state index in [1.165, 1.54) is 0 Å². The molecule has 4 nitrogen and oxygen atoms in total. The van der Waals surface area contributed by atoms with Gasteiger partial charge in [-0.15, -0.1) is 0 Å². The van der Waals surface area contributed by atoms with Crippen molar-refractivity contribution in [1.82, 2.24) is 5.32 Å². The maximum atomic E-state index is 9.54. The Morgan fingerprint density at radius 3 is 2.73 bits per heavy atom. The number of nitrogens with one attached hydrogen (secondary N) is 1. The molecule has 2 atom stereocenters. The van der Waals surface area contributed by atoms with E-state index in [0.717, 1.165) is 19.4 Å². The molecule has 4 heteroatoms. The van der Waals surface area contributed by atoms with Crippen LogP contribution >= 0.6 is 0 Å². The predicted molar refractivity (Wildman–Crippen MR) is 61.1 cm³/mol. The van der Waals surface area contributed by atoms with Gasteiger partial charge in [-0.3, -0.25) is 0 Å². The molecule has 0 heterocycles. The molecule has 15 heavy (non-hydrogen) atoms. The minimum Gasteiger partial charge on any atom is -0.389 e. The first kappa shape index (κ1) is 14.8. The summed E-state index contributed by atoms with van der Waals surface area (Å²) in [6.07, 6.45) is 1.97. The van der Waals surface area contributed by atoms with E-state index in [4.69, 9.17) is 9.47 Å². The van der Waals surface area contributed by atoms with Gasteiger partial charge in [-0.05, 0) is 13.3 Å². The molecule has 0 bridgehead atoms. The van der Waals surface area contributed by atoms with E-state index in [0.29, 0.717) is 19.8 Å². The van der Waals surface area contributed by atoms with Crippen LogP contribution < -0.4 is 5.32 Å². The highest BCUT2D eigenvalue weighted by atomic mass is 16.5. The first-order chi connectivity index (χ1) is 7.20. The first-order valence-electron chi connectivity index (χ1n) is 5.70. The molecule has 0 amide bonds. The van der Waals surface area contributed by atoms with Crippen LogP contribution in [0.15, 0.2) is 0 Å². The van der Waals surface area contributed by atoms with Gasteiger partial charge in [0.05, 0.1) is 25.4 Å². The lowest BCUT2D eigenvalue weighted by Crippen LogP contribution is -2.33. The fourth-order valence-corrected chi connectivity index (χ4v) is 1.27. The van der Waals surface area contributed by atoms with Gasteiger partial charge in [0.15, 0.2) is 0 Å². The van der Waals surface area contributed by atoms with Crippen LogP contribution in [0.2, 0.25) is 0 Å². The van der Waals surface area contributed by atoms with E-state index >= 15 is 0 Å². The van der Waals surface area contributed by atoms with Crippen LogP contribution in [-0.2, 0) is 9.47 Å². The van der Waals surface area contributed by atoms with Gasteiger partial charge in [-0.25, -0.2) is 0 Å². The molecule has 0 saturated heterocycles. The topological polar surface area (TPSA) is 50.7 Å². The lowest BCUT2D eigenvalue weighted by molar-refractivity contribution is -0.00460. The fourth-order valence-electron chi connectivity index (χ4n) is 1.27. The second kappa shape index (κ2) is 10.4. The van der Waals surface area contributed by atoms with Gasteiger partial charge in [-0.2, -0.15) is 0 Å². The van der Waals surface area contributed by atoms with Crippen molar-refractivity contribution < 1.29 is 14.6 Å². The monoisotopic (exact) mass is 219 g/mol. The SMILES string of the molecule is CCCC(C)OCC(O)CNCCOC. The molecule has 2 unspecified atom stereocenters. The molecule has 0 aromatic rings. The quantitative estimate of drug-likeness (QED) is 0.533. The van der Waals surface area contributed by atoms with Crippen molar-refractivity contribution in [2.75, 3.05) is 33.4 Å². The van der Waals surface area contributed by atoms with Crippen molar-refractivity contribution in [2.45, 2.75) is 38.9 Å². The Hall–Kier alpha value is -0.160. The summed E-state index contributed by atoms with van der Waals surface area (Å²) in [5.41, 5.74) is 0. The van der Waals surface area contributed by atoms with Crippen LogP contribution in [0.25, 0.3) is 0 Å². The normalized spacial score (nSPS) is 15.2. The Labute approximate surface area is 93.0 Å². The van der Waals surface area contributed by atoms with Crippen LogP contribution in [0, 0.1) is 0 Å². The smallest absolute Gasteiger partial charge is 0.0897 e. The Bertz CT molecular complexity index is 133. The average molecular weight is 219 g/mol. The number of ether oxygens (including phenoxy) is 2. The zero-order valence-corrected chi connectivity index (χ0v) is 10.2. The molecule has 0 fully saturated rings. The molecule has 0 aliphatic carbocycles. The number of aliphatic hydroxyl groups is 1. The third-order valence-corrected chi connectivity index (χ3v) is 2.13. The summed E-state index contributed by atoms with van der Waals surface area (Å²) >= 11 is 0. The van der Waals surface area contributed by atoms with Crippen LogP contribution in [0.1, 0.15) is 26.7 Å². The second-order valence-corrected chi connectivity index (χ2v) is 3.78. The van der Waals surface area contributed by atoms with Gasteiger partial charge >= 0.3 is 0 Å². The summed E-state index contributed by atoms with van der Waals surface area (Å²) < 4.78 is 10.4. The van der Waals surface area contributed by atoms with Crippen molar-refractivity contribution in [3.8, 4) is 0 Å². The zero-order chi connectivity index (χ0) is 11.5. The maximum absolute atomic E-state index is 9.54. The average Bonchev–Trinajstić information content (AvgIpc) is 2.22. The van der Waals surface area contributed by atoms with Crippen LogP contribution in [0.3, 0.4) is 0 Å². The Balaban J connectivity index is 3.28. The van der Waals surface area contributed by atoms with Crippen LogP contribution in [-0.4, -0.2) is 50.7 Å². The van der Waals surface area contributed by atoms with E-state index in [9.17, 15) is 5.11 Å². The minimum atomic E-state index is -0.429. The Kier molecular flexibility index (Phi) is 10.3. The minimum absolute atomic E-state index is 0.239. The summed E-state index contributed by atoms with van der Waals surface area (Å²) in [6.45, 7) is 6.55. The summed E-state index contributed by atoms with van der Waals surface area (Å²) in [7, 11) is 1.66. The summed E-state index contributed by atoms with van der Waals surface area (Å²) in [5.74, 6) is 0. The van der Waals surface area contributed by atoms with Gasteiger partial charge in [-0.1, -0.05) is 13.3 Å². The maximum Gasteiger partial charge on any atom is 0.0897 e. The highest BCUT2D eigenvalue weighted by Gasteiger charge is 2.06. The molecule has 0 rings (SSSR count). The van der Waals surface area contributed by atoms with Gasteiger partial charge in [0.25, 0.3) is 0 Å². The van der Waals surface area contributed by atoms with Gasteiger partial charge in [0.1, 0.15) is 0 Å². The molecule has 2 N–H and O–H groups in total. The second-order valence-electron chi connectivity index (χ2n) is 3.78. The summed E-state index contributed by atoms with van der Waals surface area (Å²) in [5, 5.41) is 12.6. The van der Waals surface area contributed by atoms with Crippen molar-refractivity contribution in [3.63, 3.8) is 0 Å². The Morgan fingerprint density at radius 1 is 1.40 bits per heavy atom. The lowest BCUT2D eigenvalue weighted by Gasteiger charge is -2.16. The molecule has 0 aromatic heterocycles. The van der Waals surface area contributed by atoms with E-state index in [2.05, 4.69) is 12.2 Å². The molecule has 0 aliphatic heterocycles. The molecule has 0 spiro atoms. The number of rotatable bonds is 10. The molecular formula is C11H25NO3. The Morgan fingerprint density at radius 2 is 2.13 bits per heavy atom. The van der Waals surface area contributed by atoms with E-state index in [-0.39, 0.29) is 6.10 Å². The predicted octanol–water partition coefficient (Wildman–Crippen LogP) is 0.788. The number of methoxy groups -OCH3 is 1. The molecule has 0 radical (unpaired) electrons. The standard InChI is InChI=1S/C11H25NO3/c1-4-5-10(2)15-9-11(13)8-12-6-7-14-3/h10-13H,4-9H2,1-3H3. The van der Waals surface area contributed by atoms with Gasteiger partial charge in [0.2, 0.25) is 0 Å².